The van der Waals surface area contributed by atoms with Crippen LogP contribution in [0.15, 0.2) is 0 Å². The van der Waals surface area contributed by atoms with Gasteiger partial charge in [-0.3, -0.25) is 0 Å². The summed E-state index contributed by atoms with van der Waals surface area (Å²) in [5, 5.41) is 9.99. The molecule has 0 aromatic rings. The van der Waals surface area contributed by atoms with Crippen LogP contribution in [-0.4, -0.2) is 84.1 Å². The fourth-order valence-corrected chi connectivity index (χ4v) is 2.40. The smallest absolute Gasteiger partial charge is 0.184 e. The predicted octanol–water partition coefficient (Wildman–Crippen LogP) is -0.590. The van der Waals surface area contributed by atoms with Crippen molar-refractivity contribution in [3.63, 3.8) is 0 Å². The highest BCUT2D eigenvalue weighted by Crippen LogP contribution is 2.28. The third-order valence-corrected chi connectivity index (χ3v) is 3.37. The number of aliphatic hydroxyl groups is 1. The molecule has 0 radical (unpaired) electrons. The van der Waals surface area contributed by atoms with Crippen molar-refractivity contribution in [2.75, 3.05) is 42.2 Å². The molecule has 1 aliphatic heterocycles. The van der Waals surface area contributed by atoms with Crippen molar-refractivity contribution in [3.05, 3.63) is 0 Å². The SMILES string of the molecule is COCC(OC)C1OC(O)C(OC)C(OC)C1OC. The topological polar surface area (TPSA) is 75.6 Å². The van der Waals surface area contributed by atoms with Crippen molar-refractivity contribution in [1.82, 2.24) is 0 Å². The van der Waals surface area contributed by atoms with Gasteiger partial charge in [-0.2, -0.15) is 0 Å². The molecular formula is C12H24O7. The van der Waals surface area contributed by atoms with Gasteiger partial charge in [0.15, 0.2) is 6.29 Å². The maximum atomic E-state index is 9.99. The molecule has 114 valence electrons. The average Bonchev–Trinajstić information content (AvgIpc) is 2.43. The zero-order valence-corrected chi connectivity index (χ0v) is 12.1. The summed E-state index contributed by atoms with van der Waals surface area (Å²) >= 11 is 0. The molecule has 1 aliphatic rings. The van der Waals surface area contributed by atoms with E-state index in [9.17, 15) is 5.11 Å². The number of rotatable bonds is 7. The fraction of sp³-hybridized carbons (Fsp3) is 1.00. The van der Waals surface area contributed by atoms with Crippen molar-refractivity contribution >= 4 is 0 Å². The summed E-state index contributed by atoms with van der Waals surface area (Å²) in [7, 11) is 7.70. The molecule has 1 saturated heterocycles. The average molecular weight is 280 g/mol. The van der Waals surface area contributed by atoms with Crippen LogP contribution < -0.4 is 0 Å². The second-order valence-corrected chi connectivity index (χ2v) is 4.32. The minimum atomic E-state index is -1.11. The van der Waals surface area contributed by atoms with E-state index in [-0.39, 0.29) is 6.10 Å². The molecule has 0 bridgehead atoms. The molecule has 6 unspecified atom stereocenters. The first-order valence-corrected chi connectivity index (χ1v) is 6.08. The molecule has 0 spiro atoms. The van der Waals surface area contributed by atoms with E-state index in [2.05, 4.69) is 0 Å². The summed E-state index contributed by atoms with van der Waals surface area (Å²) in [4.78, 5) is 0. The Balaban J connectivity index is 2.91. The highest BCUT2D eigenvalue weighted by atomic mass is 16.7. The van der Waals surface area contributed by atoms with E-state index < -0.39 is 30.7 Å². The second kappa shape index (κ2) is 8.11. The van der Waals surface area contributed by atoms with E-state index in [0.29, 0.717) is 6.61 Å². The first-order chi connectivity index (χ1) is 9.14. The van der Waals surface area contributed by atoms with Crippen LogP contribution in [0.2, 0.25) is 0 Å². The van der Waals surface area contributed by atoms with Crippen molar-refractivity contribution in [2.24, 2.45) is 0 Å². The lowest BCUT2D eigenvalue weighted by molar-refractivity contribution is -0.312. The minimum Gasteiger partial charge on any atom is -0.382 e. The van der Waals surface area contributed by atoms with Crippen LogP contribution in [0.1, 0.15) is 0 Å². The van der Waals surface area contributed by atoms with Gasteiger partial charge < -0.3 is 33.5 Å². The molecule has 0 aromatic carbocycles. The fourth-order valence-electron chi connectivity index (χ4n) is 2.40. The van der Waals surface area contributed by atoms with Gasteiger partial charge in [0.2, 0.25) is 0 Å². The number of methoxy groups -OCH3 is 5. The summed E-state index contributed by atoms with van der Waals surface area (Å²) in [5.74, 6) is 0. The summed E-state index contributed by atoms with van der Waals surface area (Å²) in [5.41, 5.74) is 0. The number of ether oxygens (including phenoxy) is 6. The van der Waals surface area contributed by atoms with Crippen LogP contribution in [0, 0.1) is 0 Å². The van der Waals surface area contributed by atoms with Gasteiger partial charge in [-0.05, 0) is 0 Å². The van der Waals surface area contributed by atoms with Crippen molar-refractivity contribution in [2.45, 2.75) is 36.8 Å². The molecule has 1 fully saturated rings. The standard InChI is InChI=1S/C12H24O7/c1-14-6-7(15-2)8-9(16-3)10(17-4)11(18-5)12(13)19-8/h7-13H,6H2,1-5H3. The Hall–Kier alpha value is -0.280. The predicted molar refractivity (Wildman–Crippen MR) is 65.9 cm³/mol. The van der Waals surface area contributed by atoms with E-state index in [4.69, 9.17) is 28.4 Å². The zero-order chi connectivity index (χ0) is 14.4. The third kappa shape index (κ3) is 3.63. The molecule has 6 atom stereocenters. The zero-order valence-electron chi connectivity index (χ0n) is 12.1. The van der Waals surface area contributed by atoms with E-state index in [1.807, 2.05) is 0 Å². The Bertz CT molecular complexity index is 250. The minimum absolute atomic E-state index is 0.321. The van der Waals surface area contributed by atoms with Crippen LogP contribution in [0.5, 0.6) is 0 Å². The molecule has 1 heterocycles. The van der Waals surface area contributed by atoms with Gasteiger partial charge in [0.1, 0.15) is 30.5 Å². The molecule has 0 aliphatic carbocycles. The number of hydrogen-bond acceptors (Lipinski definition) is 7. The Morgan fingerprint density at radius 1 is 0.947 bits per heavy atom. The Labute approximate surface area is 113 Å². The van der Waals surface area contributed by atoms with Gasteiger partial charge >= 0.3 is 0 Å². The van der Waals surface area contributed by atoms with Gasteiger partial charge in [-0.25, -0.2) is 0 Å². The molecule has 1 N–H and O–H groups in total. The van der Waals surface area contributed by atoms with Crippen molar-refractivity contribution in [3.8, 4) is 0 Å². The van der Waals surface area contributed by atoms with E-state index in [1.54, 1.807) is 21.3 Å². The molecule has 0 aromatic heterocycles. The summed E-state index contributed by atoms with van der Waals surface area (Å²) in [6, 6.07) is 0. The normalized spacial score (nSPS) is 37.3. The lowest BCUT2D eigenvalue weighted by Crippen LogP contribution is -2.63. The highest BCUT2D eigenvalue weighted by Gasteiger charge is 2.49. The maximum absolute atomic E-state index is 9.99. The molecule has 0 saturated carbocycles. The highest BCUT2D eigenvalue weighted by molar-refractivity contribution is 4.95. The van der Waals surface area contributed by atoms with Crippen LogP contribution in [0.3, 0.4) is 0 Å². The van der Waals surface area contributed by atoms with Crippen LogP contribution in [0.25, 0.3) is 0 Å². The Morgan fingerprint density at radius 2 is 1.53 bits per heavy atom. The Morgan fingerprint density at radius 3 is 1.95 bits per heavy atom. The quantitative estimate of drug-likeness (QED) is 0.668. The van der Waals surface area contributed by atoms with Crippen LogP contribution in [-0.2, 0) is 28.4 Å². The first-order valence-electron chi connectivity index (χ1n) is 6.08. The van der Waals surface area contributed by atoms with Gasteiger partial charge in [0.05, 0.1) is 6.61 Å². The Kier molecular flexibility index (Phi) is 7.16. The van der Waals surface area contributed by atoms with Crippen molar-refractivity contribution in [1.29, 1.82) is 0 Å². The van der Waals surface area contributed by atoms with Gasteiger partial charge in [-0.1, -0.05) is 0 Å². The van der Waals surface area contributed by atoms with Gasteiger partial charge in [0, 0.05) is 35.5 Å². The molecule has 0 amide bonds. The summed E-state index contributed by atoms with van der Waals surface area (Å²) in [6.07, 6.45) is -3.51. The largest absolute Gasteiger partial charge is 0.382 e. The van der Waals surface area contributed by atoms with E-state index in [1.165, 1.54) is 14.2 Å². The summed E-state index contributed by atoms with van der Waals surface area (Å²) in [6.45, 7) is 0.321. The summed E-state index contributed by atoms with van der Waals surface area (Å²) < 4.78 is 32.0. The van der Waals surface area contributed by atoms with E-state index in [0.717, 1.165) is 0 Å². The first kappa shape index (κ1) is 16.8. The van der Waals surface area contributed by atoms with Crippen LogP contribution in [0.4, 0.5) is 0 Å². The van der Waals surface area contributed by atoms with Gasteiger partial charge in [0.25, 0.3) is 0 Å². The van der Waals surface area contributed by atoms with Gasteiger partial charge in [-0.15, -0.1) is 0 Å². The lowest BCUT2D eigenvalue weighted by Gasteiger charge is -2.45. The van der Waals surface area contributed by atoms with Crippen molar-refractivity contribution < 1.29 is 33.5 Å². The van der Waals surface area contributed by atoms with E-state index >= 15 is 0 Å². The lowest BCUT2D eigenvalue weighted by atomic mass is 9.95. The van der Waals surface area contributed by atoms with Crippen LogP contribution >= 0.6 is 0 Å². The monoisotopic (exact) mass is 280 g/mol. The second-order valence-electron chi connectivity index (χ2n) is 4.32. The molecular weight excluding hydrogens is 256 g/mol. The third-order valence-electron chi connectivity index (χ3n) is 3.37. The maximum Gasteiger partial charge on any atom is 0.184 e. The molecule has 19 heavy (non-hydrogen) atoms. The molecule has 7 nitrogen and oxygen atoms in total. The number of aliphatic hydroxyl groups excluding tert-OH is 1. The molecule has 7 heteroatoms. The molecule has 1 rings (SSSR count). The number of hydrogen-bond donors (Lipinski definition) is 1.